The van der Waals surface area contributed by atoms with E-state index in [1.165, 1.54) is 6.92 Å². The molecule has 2 N–H and O–H groups in total. The molecule has 140 valence electrons. The van der Waals surface area contributed by atoms with Gasteiger partial charge in [-0.3, -0.25) is 14.0 Å². The van der Waals surface area contributed by atoms with Crippen LogP contribution >= 0.6 is 11.3 Å². The van der Waals surface area contributed by atoms with E-state index in [2.05, 4.69) is 15.6 Å². The first-order valence-electron chi connectivity index (χ1n) is 9.21. The van der Waals surface area contributed by atoms with Crippen LogP contribution in [-0.4, -0.2) is 27.2 Å². The molecule has 1 aliphatic carbocycles. The molecule has 27 heavy (non-hydrogen) atoms. The number of thiazole rings is 1. The molecule has 7 heteroatoms. The second-order valence-electron chi connectivity index (χ2n) is 7.01. The zero-order valence-electron chi connectivity index (χ0n) is 15.1. The zero-order valence-corrected chi connectivity index (χ0v) is 16.0. The highest BCUT2D eigenvalue weighted by Crippen LogP contribution is 2.29. The fourth-order valence-electron chi connectivity index (χ4n) is 3.72. The second-order valence-corrected chi connectivity index (χ2v) is 7.88. The fourth-order valence-corrected chi connectivity index (χ4v) is 4.42. The van der Waals surface area contributed by atoms with Crippen molar-refractivity contribution in [1.29, 1.82) is 0 Å². The quantitative estimate of drug-likeness (QED) is 0.706. The first-order chi connectivity index (χ1) is 13.1. The third kappa shape index (κ3) is 3.88. The summed E-state index contributed by atoms with van der Waals surface area (Å²) in [6.45, 7) is 1.46. The molecule has 1 aliphatic rings. The van der Waals surface area contributed by atoms with Gasteiger partial charge in [-0.15, -0.1) is 11.3 Å². The largest absolute Gasteiger partial charge is 0.344 e. The maximum absolute atomic E-state index is 12.7. The summed E-state index contributed by atoms with van der Waals surface area (Å²) >= 11 is 1.59. The number of aromatic nitrogens is 2. The van der Waals surface area contributed by atoms with E-state index in [0.29, 0.717) is 0 Å². The summed E-state index contributed by atoms with van der Waals surface area (Å²) < 4.78 is 2.00. The van der Waals surface area contributed by atoms with E-state index in [9.17, 15) is 9.59 Å². The van der Waals surface area contributed by atoms with Crippen LogP contribution in [0.15, 0.2) is 42.0 Å². The van der Waals surface area contributed by atoms with Crippen molar-refractivity contribution in [2.45, 2.75) is 38.6 Å². The Morgan fingerprint density at radius 1 is 1.22 bits per heavy atom. The molecule has 2 heterocycles. The SMILES string of the molecule is CC(=O)NC(C(=O)Nc1ccc(-c2cn3ccsc3n2)cc1)C1CCCC1. The van der Waals surface area contributed by atoms with Crippen molar-refractivity contribution in [1.82, 2.24) is 14.7 Å². The Labute approximate surface area is 161 Å². The number of nitrogens with zero attached hydrogens (tertiary/aromatic N) is 2. The molecule has 0 spiro atoms. The summed E-state index contributed by atoms with van der Waals surface area (Å²) in [5, 5.41) is 7.78. The van der Waals surface area contributed by atoms with Crippen molar-refractivity contribution in [2.75, 3.05) is 5.32 Å². The molecule has 1 unspecified atom stereocenters. The highest BCUT2D eigenvalue weighted by atomic mass is 32.1. The second kappa shape index (κ2) is 7.52. The van der Waals surface area contributed by atoms with E-state index >= 15 is 0 Å². The number of nitrogens with one attached hydrogen (secondary N) is 2. The molecule has 0 saturated heterocycles. The van der Waals surface area contributed by atoms with Crippen LogP contribution < -0.4 is 10.6 Å². The molecule has 1 aromatic carbocycles. The minimum absolute atomic E-state index is 0.146. The first-order valence-corrected chi connectivity index (χ1v) is 10.1. The van der Waals surface area contributed by atoms with Crippen molar-refractivity contribution in [2.24, 2.45) is 5.92 Å². The highest BCUT2D eigenvalue weighted by molar-refractivity contribution is 7.15. The third-order valence-corrected chi connectivity index (χ3v) is 5.82. The lowest BCUT2D eigenvalue weighted by Crippen LogP contribution is -2.47. The van der Waals surface area contributed by atoms with Crippen molar-refractivity contribution < 1.29 is 9.59 Å². The maximum Gasteiger partial charge on any atom is 0.247 e. The molecule has 3 aromatic rings. The van der Waals surface area contributed by atoms with Gasteiger partial charge in [0, 0.05) is 35.9 Å². The topological polar surface area (TPSA) is 75.5 Å². The number of imidazole rings is 1. The summed E-state index contributed by atoms with van der Waals surface area (Å²) in [7, 11) is 0. The van der Waals surface area contributed by atoms with Crippen LogP contribution in [0.5, 0.6) is 0 Å². The van der Waals surface area contributed by atoms with Gasteiger partial charge in [0.05, 0.1) is 5.69 Å². The number of carbonyl (C=O) groups is 2. The van der Waals surface area contributed by atoms with Gasteiger partial charge in [-0.1, -0.05) is 25.0 Å². The average Bonchev–Trinajstić information content (AvgIpc) is 3.37. The molecular weight excluding hydrogens is 360 g/mol. The summed E-state index contributed by atoms with van der Waals surface area (Å²) in [5.41, 5.74) is 2.62. The molecule has 0 bridgehead atoms. The summed E-state index contributed by atoms with van der Waals surface area (Å²) in [4.78, 5) is 29.8. The molecule has 2 amide bonds. The van der Waals surface area contributed by atoms with Gasteiger partial charge in [0.15, 0.2) is 4.96 Å². The van der Waals surface area contributed by atoms with Gasteiger partial charge in [-0.25, -0.2) is 4.98 Å². The number of hydrogen-bond donors (Lipinski definition) is 2. The zero-order chi connectivity index (χ0) is 18.8. The monoisotopic (exact) mass is 382 g/mol. The minimum Gasteiger partial charge on any atom is -0.344 e. The van der Waals surface area contributed by atoms with Gasteiger partial charge in [0.25, 0.3) is 0 Å². The third-order valence-electron chi connectivity index (χ3n) is 5.05. The van der Waals surface area contributed by atoms with Crippen LogP contribution in [0.1, 0.15) is 32.6 Å². The van der Waals surface area contributed by atoms with Gasteiger partial charge >= 0.3 is 0 Å². The molecule has 1 atom stereocenters. The molecule has 0 radical (unpaired) electrons. The summed E-state index contributed by atoms with van der Waals surface area (Å²) in [5.74, 6) is -0.101. The van der Waals surface area contributed by atoms with Gasteiger partial charge in [0.1, 0.15) is 6.04 Å². The summed E-state index contributed by atoms with van der Waals surface area (Å²) in [6, 6.07) is 7.18. The number of carbonyl (C=O) groups excluding carboxylic acids is 2. The van der Waals surface area contributed by atoms with E-state index in [1.54, 1.807) is 11.3 Å². The first kappa shape index (κ1) is 17.7. The standard InChI is InChI=1S/C20H22N4O2S/c1-13(25)21-18(15-4-2-3-5-15)19(26)22-16-8-6-14(7-9-16)17-12-24-10-11-27-20(24)23-17/h6-12,15,18H,2-5H2,1H3,(H,21,25)(H,22,26). The lowest BCUT2D eigenvalue weighted by molar-refractivity contribution is -0.126. The number of fused-ring (bicyclic) bond motifs is 1. The van der Waals surface area contributed by atoms with Crippen LogP contribution in [0, 0.1) is 5.92 Å². The van der Waals surface area contributed by atoms with Crippen molar-refractivity contribution in [3.63, 3.8) is 0 Å². The number of amides is 2. The molecule has 6 nitrogen and oxygen atoms in total. The van der Waals surface area contributed by atoms with Gasteiger partial charge in [-0.05, 0) is 30.9 Å². The van der Waals surface area contributed by atoms with Gasteiger partial charge in [0.2, 0.25) is 11.8 Å². The lowest BCUT2D eigenvalue weighted by atomic mass is 9.97. The minimum atomic E-state index is -0.468. The smallest absolute Gasteiger partial charge is 0.247 e. The Balaban J connectivity index is 1.47. The lowest BCUT2D eigenvalue weighted by Gasteiger charge is -2.23. The number of benzene rings is 1. The number of rotatable bonds is 5. The predicted molar refractivity (Wildman–Crippen MR) is 107 cm³/mol. The Morgan fingerprint density at radius 2 is 1.96 bits per heavy atom. The fraction of sp³-hybridized carbons (Fsp3) is 0.350. The molecule has 4 rings (SSSR count). The van der Waals surface area contributed by atoms with E-state index < -0.39 is 6.04 Å². The van der Waals surface area contributed by atoms with Gasteiger partial charge in [-0.2, -0.15) is 0 Å². The maximum atomic E-state index is 12.7. The van der Waals surface area contributed by atoms with Crippen LogP contribution in [0.2, 0.25) is 0 Å². The van der Waals surface area contributed by atoms with Crippen LogP contribution in [-0.2, 0) is 9.59 Å². The Morgan fingerprint density at radius 3 is 2.63 bits per heavy atom. The highest BCUT2D eigenvalue weighted by Gasteiger charge is 2.31. The van der Waals surface area contributed by atoms with E-state index in [0.717, 1.165) is 47.6 Å². The summed E-state index contributed by atoms with van der Waals surface area (Å²) in [6.07, 6.45) is 8.17. The normalized spacial score (nSPS) is 15.7. The molecule has 2 aromatic heterocycles. The van der Waals surface area contributed by atoms with Gasteiger partial charge < -0.3 is 10.6 Å². The van der Waals surface area contributed by atoms with E-state index in [1.807, 2.05) is 46.4 Å². The Hall–Kier alpha value is -2.67. The molecular formula is C20H22N4O2S. The van der Waals surface area contributed by atoms with Crippen LogP contribution in [0.25, 0.3) is 16.2 Å². The van der Waals surface area contributed by atoms with Crippen LogP contribution in [0.4, 0.5) is 5.69 Å². The number of hydrogen-bond acceptors (Lipinski definition) is 4. The molecule has 1 saturated carbocycles. The van der Waals surface area contributed by atoms with Crippen molar-refractivity contribution in [3.8, 4) is 11.3 Å². The molecule has 1 fully saturated rings. The Kier molecular flexibility index (Phi) is 4.94. The van der Waals surface area contributed by atoms with E-state index in [4.69, 9.17) is 0 Å². The average molecular weight is 382 g/mol. The van der Waals surface area contributed by atoms with E-state index in [-0.39, 0.29) is 17.7 Å². The Bertz CT molecular complexity index is 925. The predicted octanol–water partition coefficient (Wildman–Crippen LogP) is 3.70. The van der Waals surface area contributed by atoms with Crippen molar-refractivity contribution in [3.05, 3.63) is 42.0 Å². The molecule has 0 aliphatic heterocycles. The number of anilines is 1. The van der Waals surface area contributed by atoms with Crippen molar-refractivity contribution >= 4 is 33.8 Å². The van der Waals surface area contributed by atoms with Crippen LogP contribution in [0.3, 0.4) is 0 Å².